The van der Waals surface area contributed by atoms with E-state index >= 15 is 0 Å². The van der Waals surface area contributed by atoms with Gasteiger partial charge in [-0.05, 0) is 49.1 Å². The highest BCUT2D eigenvalue weighted by Gasteiger charge is 2.35. The number of hydrogen-bond donors (Lipinski definition) is 1. The third kappa shape index (κ3) is 2.04. The molecular formula is C19H23N5. The summed E-state index contributed by atoms with van der Waals surface area (Å²) in [5.74, 6) is 1.47. The van der Waals surface area contributed by atoms with Crippen molar-refractivity contribution in [2.45, 2.75) is 37.3 Å². The molecule has 5 nitrogen and oxygen atoms in total. The monoisotopic (exact) mass is 321 g/mol. The molecule has 1 N–H and O–H groups in total. The summed E-state index contributed by atoms with van der Waals surface area (Å²) in [6.07, 6.45) is 12.3. The zero-order valence-electron chi connectivity index (χ0n) is 14.2. The minimum absolute atomic E-state index is 0.361. The third-order valence-electron chi connectivity index (χ3n) is 6.12. The summed E-state index contributed by atoms with van der Waals surface area (Å²) >= 11 is 0. The number of likely N-dealkylation sites (N-methyl/N-ethyl adjacent to an activating group) is 2. The van der Waals surface area contributed by atoms with Gasteiger partial charge in [0, 0.05) is 49.6 Å². The Balaban J connectivity index is 1.54. The lowest BCUT2D eigenvalue weighted by Gasteiger charge is -2.30. The smallest absolute Gasteiger partial charge is 0.132 e. The highest BCUT2D eigenvalue weighted by atomic mass is 15.2. The van der Waals surface area contributed by atoms with Crippen LogP contribution in [0.3, 0.4) is 0 Å². The molecule has 5 heterocycles. The SMILES string of the molecule is CN1CC(c2cn[nH]c2)c2cc(C3=CC4CCC(C3)N4C)cnc21. The number of nitrogens with zero attached hydrogens (tertiary/aromatic N) is 4. The molecule has 0 saturated carbocycles. The second-order valence-corrected chi connectivity index (χ2v) is 7.46. The van der Waals surface area contributed by atoms with Crippen LogP contribution in [0.2, 0.25) is 0 Å². The van der Waals surface area contributed by atoms with Crippen LogP contribution in [0.4, 0.5) is 5.82 Å². The van der Waals surface area contributed by atoms with Crippen molar-refractivity contribution in [3.63, 3.8) is 0 Å². The van der Waals surface area contributed by atoms with Gasteiger partial charge < -0.3 is 4.90 Å². The molecular weight excluding hydrogens is 298 g/mol. The molecule has 2 aromatic heterocycles. The Bertz CT molecular complexity index is 794. The summed E-state index contributed by atoms with van der Waals surface area (Å²) in [5.41, 5.74) is 5.37. The molecule has 0 aromatic carbocycles. The average molecular weight is 321 g/mol. The highest BCUT2D eigenvalue weighted by molar-refractivity contribution is 5.71. The summed E-state index contributed by atoms with van der Waals surface area (Å²) in [6.45, 7) is 0.971. The van der Waals surface area contributed by atoms with Crippen LogP contribution in [0, 0.1) is 0 Å². The number of pyridine rings is 1. The topological polar surface area (TPSA) is 48.1 Å². The van der Waals surface area contributed by atoms with E-state index in [4.69, 9.17) is 4.98 Å². The summed E-state index contributed by atoms with van der Waals surface area (Å²) < 4.78 is 0. The largest absolute Gasteiger partial charge is 0.358 e. The second kappa shape index (κ2) is 5.18. The lowest BCUT2D eigenvalue weighted by Crippen LogP contribution is -2.34. The molecule has 2 aromatic rings. The van der Waals surface area contributed by atoms with Crippen molar-refractivity contribution >= 4 is 11.4 Å². The molecule has 1 saturated heterocycles. The maximum atomic E-state index is 4.81. The first-order valence-corrected chi connectivity index (χ1v) is 8.83. The van der Waals surface area contributed by atoms with Crippen molar-refractivity contribution < 1.29 is 0 Å². The van der Waals surface area contributed by atoms with E-state index in [9.17, 15) is 0 Å². The molecule has 124 valence electrons. The first kappa shape index (κ1) is 14.2. The van der Waals surface area contributed by atoms with Crippen molar-refractivity contribution in [1.29, 1.82) is 0 Å². The maximum Gasteiger partial charge on any atom is 0.132 e. The normalized spacial score (nSPS) is 29.0. The quantitative estimate of drug-likeness (QED) is 0.924. The molecule has 3 unspecified atom stereocenters. The highest BCUT2D eigenvalue weighted by Crippen LogP contribution is 2.41. The van der Waals surface area contributed by atoms with E-state index in [-0.39, 0.29) is 0 Å². The summed E-state index contributed by atoms with van der Waals surface area (Å²) in [4.78, 5) is 9.59. The molecule has 2 bridgehead atoms. The number of fused-ring (bicyclic) bond motifs is 3. The fourth-order valence-corrected chi connectivity index (χ4v) is 4.68. The number of nitrogens with one attached hydrogen (secondary N) is 1. The van der Waals surface area contributed by atoms with Crippen LogP contribution in [0.5, 0.6) is 0 Å². The van der Waals surface area contributed by atoms with E-state index in [0.717, 1.165) is 18.8 Å². The van der Waals surface area contributed by atoms with Gasteiger partial charge in [0.2, 0.25) is 0 Å². The Kier molecular flexibility index (Phi) is 3.07. The van der Waals surface area contributed by atoms with Gasteiger partial charge in [0.25, 0.3) is 0 Å². The van der Waals surface area contributed by atoms with E-state index in [1.807, 2.05) is 12.4 Å². The summed E-state index contributed by atoms with van der Waals surface area (Å²) in [5, 5.41) is 7.08. The molecule has 5 rings (SSSR count). The van der Waals surface area contributed by atoms with Gasteiger partial charge in [-0.25, -0.2) is 4.98 Å². The lowest BCUT2D eigenvalue weighted by molar-refractivity contribution is 0.264. The second-order valence-electron chi connectivity index (χ2n) is 7.46. The van der Waals surface area contributed by atoms with E-state index in [1.54, 1.807) is 0 Å². The number of anilines is 1. The molecule has 0 aliphatic carbocycles. The number of aromatic amines is 1. The van der Waals surface area contributed by atoms with Gasteiger partial charge in [-0.2, -0.15) is 5.10 Å². The number of rotatable bonds is 2. The van der Waals surface area contributed by atoms with Crippen LogP contribution in [-0.4, -0.2) is 52.8 Å². The van der Waals surface area contributed by atoms with Crippen molar-refractivity contribution in [2.24, 2.45) is 0 Å². The average Bonchev–Trinajstić information content (AvgIpc) is 3.26. The molecule has 0 spiro atoms. The van der Waals surface area contributed by atoms with Gasteiger partial charge in [-0.3, -0.25) is 10.00 Å². The van der Waals surface area contributed by atoms with Crippen LogP contribution in [-0.2, 0) is 0 Å². The van der Waals surface area contributed by atoms with Gasteiger partial charge in [0.05, 0.1) is 6.20 Å². The van der Waals surface area contributed by atoms with E-state index in [2.05, 4.69) is 52.4 Å². The Morgan fingerprint density at radius 1 is 1.21 bits per heavy atom. The number of aromatic nitrogens is 3. The fourth-order valence-electron chi connectivity index (χ4n) is 4.68. The van der Waals surface area contributed by atoms with Crippen LogP contribution < -0.4 is 4.90 Å². The molecule has 0 amide bonds. The van der Waals surface area contributed by atoms with Gasteiger partial charge >= 0.3 is 0 Å². The van der Waals surface area contributed by atoms with Crippen molar-refractivity contribution in [2.75, 3.05) is 25.5 Å². The molecule has 1 fully saturated rings. The Morgan fingerprint density at radius 2 is 2.12 bits per heavy atom. The minimum atomic E-state index is 0.361. The lowest BCUT2D eigenvalue weighted by atomic mass is 9.91. The first-order valence-electron chi connectivity index (χ1n) is 8.83. The molecule has 0 radical (unpaired) electrons. The van der Waals surface area contributed by atoms with Gasteiger partial charge in [-0.15, -0.1) is 0 Å². The zero-order valence-corrected chi connectivity index (χ0v) is 14.2. The summed E-state index contributed by atoms with van der Waals surface area (Å²) in [7, 11) is 4.39. The summed E-state index contributed by atoms with van der Waals surface area (Å²) in [6, 6.07) is 3.69. The number of H-pyrrole nitrogens is 1. The van der Waals surface area contributed by atoms with Crippen LogP contribution in [0.1, 0.15) is 41.9 Å². The van der Waals surface area contributed by atoms with E-state index in [1.165, 1.54) is 35.1 Å². The minimum Gasteiger partial charge on any atom is -0.358 e. The third-order valence-corrected chi connectivity index (χ3v) is 6.12. The Hall–Kier alpha value is -2.14. The van der Waals surface area contributed by atoms with Gasteiger partial charge in [-0.1, -0.05) is 6.08 Å². The molecule has 24 heavy (non-hydrogen) atoms. The Labute approximate surface area is 142 Å². The van der Waals surface area contributed by atoms with Crippen molar-refractivity contribution in [1.82, 2.24) is 20.1 Å². The van der Waals surface area contributed by atoms with E-state index in [0.29, 0.717) is 18.0 Å². The number of hydrogen-bond acceptors (Lipinski definition) is 4. The molecule has 3 aliphatic rings. The molecule has 3 atom stereocenters. The van der Waals surface area contributed by atoms with Crippen LogP contribution in [0.15, 0.2) is 30.7 Å². The first-order chi connectivity index (χ1) is 11.7. The van der Waals surface area contributed by atoms with Crippen LogP contribution >= 0.6 is 0 Å². The predicted molar refractivity (Wildman–Crippen MR) is 95.1 cm³/mol. The molecule has 3 aliphatic heterocycles. The predicted octanol–water partition coefficient (Wildman–Crippen LogP) is 2.64. The standard InChI is InChI=1S/C19H23N5/c1-23-11-18(14-9-21-22-10-14)17-7-13(8-20-19(17)23)12-5-15-3-4-16(6-12)24(15)2/h5,7-10,15-16,18H,3-4,6,11H2,1-2H3,(H,21,22). The van der Waals surface area contributed by atoms with Crippen molar-refractivity contribution in [3.8, 4) is 0 Å². The van der Waals surface area contributed by atoms with Crippen LogP contribution in [0.25, 0.3) is 5.57 Å². The fraction of sp³-hybridized carbons (Fsp3) is 0.474. The van der Waals surface area contributed by atoms with Gasteiger partial charge in [0.1, 0.15) is 5.82 Å². The van der Waals surface area contributed by atoms with E-state index < -0.39 is 0 Å². The molecule has 5 heteroatoms. The Morgan fingerprint density at radius 3 is 2.92 bits per heavy atom. The maximum absolute atomic E-state index is 4.81. The van der Waals surface area contributed by atoms with Gasteiger partial charge in [0.15, 0.2) is 0 Å². The zero-order chi connectivity index (χ0) is 16.3. The van der Waals surface area contributed by atoms with Crippen molar-refractivity contribution in [3.05, 3.63) is 47.4 Å².